The summed E-state index contributed by atoms with van der Waals surface area (Å²) in [6.07, 6.45) is 5.31. The number of anilines is 2. The van der Waals surface area contributed by atoms with Crippen LogP contribution in [0.1, 0.15) is 36.4 Å². The monoisotopic (exact) mass is 279 g/mol. The van der Waals surface area contributed by atoms with Crippen LogP contribution in [0.2, 0.25) is 0 Å². The van der Waals surface area contributed by atoms with Gasteiger partial charge in [0.15, 0.2) is 0 Å². The van der Waals surface area contributed by atoms with Gasteiger partial charge in [0.2, 0.25) is 0 Å². The molecule has 2 aliphatic rings. The molecule has 1 fully saturated rings. The second-order valence-corrected chi connectivity index (χ2v) is 6.35. The van der Waals surface area contributed by atoms with Crippen LogP contribution in [0.15, 0.2) is 48.5 Å². The van der Waals surface area contributed by atoms with E-state index in [9.17, 15) is 0 Å². The third kappa shape index (κ3) is 2.44. The maximum Gasteiger partial charge on any atom is 0.119 e. The van der Waals surface area contributed by atoms with Gasteiger partial charge in [0, 0.05) is 23.4 Å². The summed E-state index contributed by atoms with van der Waals surface area (Å²) in [7, 11) is 0. The van der Waals surface area contributed by atoms with Crippen molar-refractivity contribution in [2.45, 2.75) is 31.7 Å². The second kappa shape index (κ2) is 5.53. The van der Waals surface area contributed by atoms with Crippen molar-refractivity contribution in [3.8, 4) is 0 Å². The smallest absolute Gasteiger partial charge is 0.119 e. The molecule has 0 bridgehead atoms. The van der Waals surface area contributed by atoms with Gasteiger partial charge in [-0.3, -0.25) is 0 Å². The normalized spacial score (nSPS) is 21.8. The highest BCUT2D eigenvalue weighted by atomic mass is 15.2. The first-order valence-corrected chi connectivity index (χ1v) is 8.20. The maximum absolute atomic E-state index is 3.66. The van der Waals surface area contributed by atoms with Crippen molar-refractivity contribution in [3.05, 3.63) is 59.7 Å². The Morgan fingerprint density at radius 2 is 1.52 bits per heavy atom. The van der Waals surface area contributed by atoms with Crippen LogP contribution in [0.25, 0.3) is 0 Å². The van der Waals surface area contributed by atoms with E-state index in [1.54, 1.807) is 4.90 Å². The van der Waals surface area contributed by atoms with Gasteiger partial charge in [-0.1, -0.05) is 36.4 Å². The van der Waals surface area contributed by atoms with Gasteiger partial charge in [-0.25, -0.2) is 0 Å². The van der Waals surface area contributed by atoms with E-state index < -0.39 is 0 Å². The fourth-order valence-corrected chi connectivity index (χ4v) is 3.93. The highest BCUT2D eigenvalue weighted by molar-refractivity contribution is 5.68. The van der Waals surface area contributed by atoms with Gasteiger partial charge >= 0.3 is 0 Å². The second-order valence-electron chi connectivity index (χ2n) is 6.35. The van der Waals surface area contributed by atoms with Gasteiger partial charge < -0.3 is 10.2 Å². The fraction of sp³-hybridized carbons (Fsp3) is 0.368. The number of hydrogen-bond donors (Lipinski definition) is 2. The van der Waals surface area contributed by atoms with E-state index in [2.05, 4.69) is 53.8 Å². The average Bonchev–Trinajstić information content (AvgIpc) is 2.72. The first-order valence-electron chi connectivity index (χ1n) is 8.20. The van der Waals surface area contributed by atoms with Gasteiger partial charge in [0.05, 0.1) is 13.1 Å². The van der Waals surface area contributed by atoms with Crippen molar-refractivity contribution in [2.75, 3.05) is 18.4 Å². The van der Waals surface area contributed by atoms with Crippen LogP contribution in [-0.2, 0) is 6.42 Å². The minimum absolute atomic E-state index is 0.595. The van der Waals surface area contributed by atoms with Crippen LogP contribution in [-0.4, -0.2) is 13.1 Å². The van der Waals surface area contributed by atoms with Crippen LogP contribution in [0.4, 0.5) is 11.4 Å². The van der Waals surface area contributed by atoms with Crippen LogP contribution in [0.3, 0.4) is 0 Å². The number of hydrogen-bond acceptors (Lipinski definition) is 1. The molecule has 0 spiro atoms. The molecule has 108 valence electrons. The lowest BCUT2D eigenvalue weighted by molar-refractivity contribution is -0.936. The average molecular weight is 279 g/mol. The maximum atomic E-state index is 3.66. The minimum Gasteiger partial charge on any atom is -0.355 e. The van der Waals surface area contributed by atoms with Crippen LogP contribution < -0.4 is 10.2 Å². The molecule has 2 aromatic rings. The molecule has 0 amide bonds. The fourth-order valence-electron chi connectivity index (χ4n) is 3.93. The van der Waals surface area contributed by atoms with Gasteiger partial charge in [-0.05, 0) is 37.0 Å². The Kier molecular flexibility index (Phi) is 3.40. The molecule has 1 atom stereocenters. The molecule has 4 rings (SSSR count). The molecule has 2 nitrogen and oxygen atoms in total. The molecule has 0 saturated carbocycles. The third-order valence-electron chi connectivity index (χ3n) is 5.04. The molecule has 2 heterocycles. The predicted molar refractivity (Wildman–Crippen MR) is 87.2 cm³/mol. The van der Waals surface area contributed by atoms with Gasteiger partial charge in [0.1, 0.15) is 6.04 Å². The Balaban J connectivity index is 1.78. The van der Waals surface area contributed by atoms with Crippen molar-refractivity contribution in [1.82, 2.24) is 0 Å². The zero-order chi connectivity index (χ0) is 14.1. The van der Waals surface area contributed by atoms with E-state index in [0.29, 0.717) is 6.04 Å². The van der Waals surface area contributed by atoms with E-state index in [-0.39, 0.29) is 0 Å². The van der Waals surface area contributed by atoms with E-state index in [4.69, 9.17) is 0 Å². The van der Waals surface area contributed by atoms with Crippen LogP contribution >= 0.6 is 0 Å². The number of likely N-dealkylation sites (tertiary alicyclic amines) is 1. The minimum atomic E-state index is 0.595. The summed E-state index contributed by atoms with van der Waals surface area (Å²) in [6.45, 7) is 2.64. The Morgan fingerprint density at radius 3 is 2.38 bits per heavy atom. The lowest BCUT2D eigenvalue weighted by Crippen LogP contribution is -3.13. The van der Waals surface area contributed by atoms with Crippen molar-refractivity contribution in [1.29, 1.82) is 0 Å². The summed E-state index contributed by atoms with van der Waals surface area (Å²) in [5.74, 6) is 0. The number of rotatable bonds is 1. The lowest BCUT2D eigenvalue weighted by Gasteiger charge is -2.32. The zero-order valence-electron chi connectivity index (χ0n) is 12.4. The third-order valence-corrected chi connectivity index (χ3v) is 5.04. The number of para-hydroxylation sites is 2. The Hall–Kier alpha value is -1.80. The number of fused-ring (bicyclic) bond motifs is 2. The van der Waals surface area contributed by atoms with Crippen molar-refractivity contribution in [3.63, 3.8) is 0 Å². The molecule has 0 aliphatic carbocycles. The van der Waals surface area contributed by atoms with Crippen molar-refractivity contribution >= 4 is 11.4 Å². The Morgan fingerprint density at radius 1 is 0.810 bits per heavy atom. The van der Waals surface area contributed by atoms with Crippen molar-refractivity contribution in [2.24, 2.45) is 0 Å². The summed E-state index contributed by atoms with van der Waals surface area (Å²) < 4.78 is 0. The molecule has 2 aromatic carbocycles. The van der Waals surface area contributed by atoms with Crippen molar-refractivity contribution < 1.29 is 4.90 Å². The summed E-state index contributed by atoms with van der Waals surface area (Å²) in [4.78, 5) is 1.77. The van der Waals surface area contributed by atoms with E-state index in [0.717, 1.165) is 6.42 Å². The first-order chi connectivity index (χ1) is 10.4. The summed E-state index contributed by atoms with van der Waals surface area (Å²) in [5.41, 5.74) is 5.52. The molecule has 2 heteroatoms. The number of quaternary nitrogens is 1. The number of nitrogens with one attached hydrogen (secondary N) is 2. The van der Waals surface area contributed by atoms with Gasteiger partial charge in [0.25, 0.3) is 0 Å². The summed E-state index contributed by atoms with van der Waals surface area (Å²) in [6, 6.07) is 18.3. The van der Waals surface area contributed by atoms with E-state index >= 15 is 0 Å². The highest BCUT2D eigenvalue weighted by Crippen LogP contribution is 2.33. The van der Waals surface area contributed by atoms with Crippen LogP contribution in [0, 0.1) is 0 Å². The largest absolute Gasteiger partial charge is 0.355 e. The number of benzene rings is 2. The summed E-state index contributed by atoms with van der Waals surface area (Å²) >= 11 is 0. The standard InChI is InChI=1S/C19H22N2/c1-6-12-21(13-7-1)19-14-15-8-2-4-10-17(15)20-18-11-5-3-9-16(18)19/h2-5,8-11,19-20H,1,6-7,12-14H2/p+1. The Labute approximate surface area is 126 Å². The topological polar surface area (TPSA) is 16.5 Å². The molecule has 1 saturated heterocycles. The molecule has 0 aromatic heterocycles. The molecule has 0 radical (unpaired) electrons. The van der Waals surface area contributed by atoms with Gasteiger partial charge in [-0.15, -0.1) is 0 Å². The predicted octanol–water partition coefficient (Wildman–Crippen LogP) is 3.10. The zero-order valence-corrected chi connectivity index (χ0v) is 12.4. The highest BCUT2D eigenvalue weighted by Gasteiger charge is 2.30. The quantitative estimate of drug-likeness (QED) is 0.820. The molecule has 1 unspecified atom stereocenters. The SMILES string of the molecule is c1ccc2c(c1)CC([NH+]1CCCCC1)c1ccccc1N2. The first kappa shape index (κ1) is 12.9. The molecular weight excluding hydrogens is 256 g/mol. The van der Waals surface area contributed by atoms with Crippen LogP contribution in [0.5, 0.6) is 0 Å². The molecular formula is C19H23N2+. The van der Waals surface area contributed by atoms with Gasteiger partial charge in [-0.2, -0.15) is 0 Å². The number of piperidine rings is 1. The molecule has 2 N–H and O–H groups in total. The van der Waals surface area contributed by atoms with E-state index in [1.165, 1.54) is 54.9 Å². The molecule has 21 heavy (non-hydrogen) atoms. The Bertz CT molecular complexity index is 629. The summed E-state index contributed by atoms with van der Waals surface area (Å²) in [5, 5.41) is 3.66. The van der Waals surface area contributed by atoms with E-state index in [1.807, 2.05) is 0 Å². The molecule has 2 aliphatic heterocycles. The lowest BCUT2D eigenvalue weighted by atomic mass is 9.95.